The Morgan fingerprint density at radius 2 is 2.20 bits per heavy atom. The van der Waals surface area contributed by atoms with Crippen LogP contribution in [-0.4, -0.2) is 26.1 Å². The zero-order chi connectivity index (χ0) is 16.8. The summed E-state index contributed by atoms with van der Waals surface area (Å²) in [5, 5.41) is 8.84. The van der Waals surface area contributed by atoms with Gasteiger partial charge in [-0.2, -0.15) is 5.10 Å². The molecule has 4 aromatic rings. The molecule has 1 aromatic carbocycles. The van der Waals surface area contributed by atoms with Crippen LogP contribution in [0.2, 0.25) is 0 Å². The Labute approximate surface area is 146 Å². The van der Waals surface area contributed by atoms with Gasteiger partial charge in [0, 0.05) is 15.8 Å². The molecule has 8 heteroatoms. The van der Waals surface area contributed by atoms with Crippen LogP contribution < -0.4 is 10.9 Å². The van der Waals surface area contributed by atoms with Crippen LogP contribution in [0, 0.1) is 0 Å². The Morgan fingerprint density at radius 1 is 1.24 bits per heavy atom. The van der Waals surface area contributed by atoms with Crippen molar-refractivity contribution in [3.05, 3.63) is 46.7 Å². The molecule has 25 heavy (non-hydrogen) atoms. The summed E-state index contributed by atoms with van der Waals surface area (Å²) >= 11 is 1.72. The van der Waals surface area contributed by atoms with E-state index in [9.17, 15) is 4.79 Å². The molecule has 0 bridgehead atoms. The zero-order valence-corrected chi connectivity index (χ0v) is 14.0. The van der Waals surface area contributed by atoms with Gasteiger partial charge < -0.3 is 0 Å². The molecule has 0 fully saturated rings. The fourth-order valence-corrected chi connectivity index (χ4v) is 4.52. The molecule has 124 valence electrons. The quantitative estimate of drug-likeness (QED) is 0.494. The molecule has 1 aliphatic rings. The average Bonchev–Trinajstić information content (AvgIpc) is 3.33. The number of rotatable bonds is 3. The van der Waals surface area contributed by atoms with Crippen molar-refractivity contribution >= 4 is 44.2 Å². The van der Waals surface area contributed by atoms with Crippen LogP contribution in [0.4, 0.5) is 5.82 Å². The Balaban J connectivity index is 1.42. The lowest BCUT2D eigenvalue weighted by Crippen LogP contribution is -2.29. The Morgan fingerprint density at radius 3 is 3.16 bits per heavy atom. The zero-order valence-electron chi connectivity index (χ0n) is 13.2. The van der Waals surface area contributed by atoms with Crippen molar-refractivity contribution in [3.63, 3.8) is 0 Å². The van der Waals surface area contributed by atoms with Crippen molar-refractivity contribution < 1.29 is 4.79 Å². The number of hydrogen-bond donors (Lipinski definition) is 3. The minimum Gasteiger partial charge on any atom is -0.281 e. The smallest absolute Gasteiger partial charge is 0.269 e. The van der Waals surface area contributed by atoms with Gasteiger partial charge in [0.1, 0.15) is 11.2 Å². The molecule has 0 unspecified atom stereocenters. The number of fused-ring (bicyclic) bond motifs is 4. The van der Waals surface area contributed by atoms with Gasteiger partial charge in [0.2, 0.25) is 0 Å². The molecule has 1 amide bonds. The van der Waals surface area contributed by atoms with E-state index in [1.54, 1.807) is 29.7 Å². The van der Waals surface area contributed by atoms with E-state index in [1.807, 2.05) is 6.07 Å². The molecular weight excluding hydrogens is 336 g/mol. The molecular formula is C17H14N6OS. The maximum atomic E-state index is 12.4. The second-order valence-corrected chi connectivity index (χ2v) is 7.09. The number of nitrogens with zero attached hydrogens (tertiary/aromatic N) is 3. The van der Waals surface area contributed by atoms with Crippen molar-refractivity contribution in [2.75, 3.05) is 5.43 Å². The minimum atomic E-state index is -0.227. The fraction of sp³-hybridized carbons (Fsp3) is 0.176. The van der Waals surface area contributed by atoms with Crippen LogP contribution in [0.25, 0.3) is 21.1 Å². The lowest BCUT2D eigenvalue weighted by atomic mass is 10.1. The van der Waals surface area contributed by atoms with Gasteiger partial charge >= 0.3 is 0 Å². The number of benzene rings is 1. The average molecular weight is 350 g/mol. The Bertz CT molecular complexity index is 1110. The van der Waals surface area contributed by atoms with Gasteiger partial charge in [-0.3, -0.25) is 20.7 Å². The molecule has 1 aliphatic carbocycles. The third-order valence-electron chi connectivity index (χ3n) is 4.50. The van der Waals surface area contributed by atoms with E-state index in [4.69, 9.17) is 0 Å². The Kier molecular flexibility index (Phi) is 3.17. The molecule has 7 nitrogen and oxygen atoms in total. The molecule has 0 aliphatic heterocycles. The van der Waals surface area contributed by atoms with E-state index >= 15 is 0 Å². The van der Waals surface area contributed by atoms with Crippen LogP contribution in [-0.2, 0) is 12.8 Å². The summed E-state index contributed by atoms with van der Waals surface area (Å²) in [6, 6.07) is 5.41. The van der Waals surface area contributed by atoms with E-state index in [-0.39, 0.29) is 5.91 Å². The lowest BCUT2D eigenvalue weighted by molar-refractivity contribution is 0.0962. The van der Waals surface area contributed by atoms with E-state index in [2.05, 4.69) is 31.0 Å². The molecule has 0 spiro atoms. The molecule has 0 atom stereocenters. The highest BCUT2D eigenvalue weighted by Crippen LogP contribution is 2.38. The van der Waals surface area contributed by atoms with Gasteiger partial charge in [-0.1, -0.05) is 6.07 Å². The van der Waals surface area contributed by atoms with Crippen LogP contribution in [0.1, 0.15) is 27.2 Å². The minimum absolute atomic E-state index is 0.227. The lowest BCUT2D eigenvalue weighted by Gasteiger charge is -2.09. The van der Waals surface area contributed by atoms with E-state index in [0.717, 1.165) is 34.0 Å². The predicted molar refractivity (Wildman–Crippen MR) is 96.6 cm³/mol. The number of hydrogen-bond acceptors (Lipinski definition) is 6. The van der Waals surface area contributed by atoms with Gasteiger partial charge in [0.15, 0.2) is 5.82 Å². The highest BCUT2D eigenvalue weighted by molar-refractivity contribution is 7.19. The summed E-state index contributed by atoms with van der Waals surface area (Å²) in [5.74, 6) is 0.426. The molecule has 0 saturated heterocycles. The highest BCUT2D eigenvalue weighted by atomic mass is 32.1. The first-order valence-corrected chi connectivity index (χ1v) is 8.86. The normalized spacial score (nSPS) is 13.3. The van der Waals surface area contributed by atoms with Gasteiger partial charge in [-0.15, -0.1) is 11.3 Å². The number of hydrazine groups is 1. The largest absolute Gasteiger partial charge is 0.281 e. The highest BCUT2D eigenvalue weighted by Gasteiger charge is 2.21. The predicted octanol–water partition coefficient (Wildman–Crippen LogP) is 2.81. The summed E-state index contributed by atoms with van der Waals surface area (Å²) in [4.78, 5) is 23.5. The van der Waals surface area contributed by atoms with Crippen molar-refractivity contribution in [3.8, 4) is 0 Å². The molecule has 3 aromatic heterocycles. The van der Waals surface area contributed by atoms with Crippen LogP contribution in [0.5, 0.6) is 0 Å². The van der Waals surface area contributed by atoms with Crippen molar-refractivity contribution in [1.29, 1.82) is 0 Å². The number of aromatic amines is 1. The summed E-state index contributed by atoms with van der Waals surface area (Å²) in [7, 11) is 0. The fourth-order valence-electron chi connectivity index (χ4n) is 3.29. The molecule has 3 N–H and O–H groups in total. The summed E-state index contributed by atoms with van der Waals surface area (Å²) in [6.45, 7) is 0. The maximum Gasteiger partial charge on any atom is 0.269 e. The maximum absolute atomic E-state index is 12.4. The Hall–Kier alpha value is -3.00. The number of amides is 1. The number of nitrogens with one attached hydrogen (secondary N) is 3. The van der Waals surface area contributed by atoms with Crippen molar-refractivity contribution in [2.24, 2.45) is 0 Å². The molecule has 3 heterocycles. The number of carbonyl (C=O) groups is 1. The molecule has 0 radical (unpaired) electrons. The number of H-pyrrole nitrogens is 1. The SMILES string of the molecule is O=C(NNc1ncnc2sc3c(c12)CCC3)c1ccc2cn[nH]c2c1. The van der Waals surface area contributed by atoms with Gasteiger partial charge in [-0.05, 0) is 37.0 Å². The second-order valence-electron chi connectivity index (χ2n) is 6.01. The third-order valence-corrected chi connectivity index (χ3v) is 5.70. The monoisotopic (exact) mass is 350 g/mol. The number of aromatic nitrogens is 4. The molecule has 5 rings (SSSR count). The number of thiophene rings is 1. The van der Waals surface area contributed by atoms with Crippen LogP contribution in [0.15, 0.2) is 30.7 Å². The van der Waals surface area contributed by atoms with Gasteiger partial charge in [0.25, 0.3) is 5.91 Å². The third kappa shape index (κ3) is 2.33. The number of anilines is 1. The first-order valence-electron chi connectivity index (χ1n) is 8.04. The van der Waals surface area contributed by atoms with Crippen molar-refractivity contribution in [1.82, 2.24) is 25.6 Å². The van der Waals surface area contributed by atoms with Crippen molar-refractivity contribution in [2.45, 2.75) is 19.3 Å². The first-order chi connectivity index (χ1) is 12.3. The first kappa shape index (κ1) is 14.4. The second kappa shape index (κ2) is 5.52. The van der Waals surface area contributed by atoms with Crippen LogP contribution in [0.3, 0.4) is 0 Å². The summed E-state index contributed by atoms with van der Waals surface area (Å²) in [5.41, 5.74) is 8.40. The standard InChI is InChI=1S/C17H14N6OS/c24-16(9-4-5-10-7-20-21-12(10)6-9)23-22-15-14-11-2-1-3-13(11)25-17(14)19-8-18-15/h4-8H,1-3H2,(H,20,21)(H,23,24)(H,18,19,22). The number of aryl methyl sites for hydroxylation is 2. The van der Waals surface area contributed by atoms with E-state index in [1.165, 1.54) is 23.2 Å². The molecule has 0 saturated carbocycles. The van der Waals surface area contributed by atoms with Gasteiger partial charge in [0.05, 0.1) is 17.1 Å². The summed E-state index contributed by atoms with van der Waals surface area (Å²) in [6.07, 6.45) is 6.57. The topological polar surface area (TPSA) is 95.6 Å². The number of carbonyl (C=O) groups excluding carboxylic acids is 1. The van der Waals surface area contributed by atoms with Crippen LogP contribution >= 0.6 is 11.3 Å². The summed E-state index contributed by atoms with van der Waals surface area (Å²) < 4.78 is 0. The van der Waals surface area contributed by atoms with E-state index < -0.39 is 0 Å². The van der Waals surface area contributed by atoms with E-state index in [0.29, 0.717) is 11.4 Å². The van der Waals surface area contributed by atoms with Gasteiger partial charge in [-0.25, -0.2) is 9.97 Å².